The molecule has 9 heteroatoms. The third-order valence-corrected chi connectivity index (χ3v) is 5.84. The number of anilines is 1. The van der Waals surface area contributed by atoms with Crippen LogP contribution in [0.3, 0.4) is 0 Å². The molecule has 9 nitrogen and oxygen atoms in total. The molecule has 1 aromatic rings. The highest BCUT2D eigenvalue weighted by Crippen LogP contribution is 2.25. The number of amides is 1. The summed E-state index contributed by atoms with van der Waals surface area (Å²) < 4.78 is 5.80. The number of benzene rings is 1. The molecule has 1 N–H and O–H groups in total. The summed E-state index contributed by atoms with van der Waals surface area (Å²) in [7, 11) is 1.78. The highest BCUT2D eigenvalue weighted by Gasteiger charge is 2.30. The van der Waals surface area contributed by atoms with Crippen LogP contribution >= 0.6 is 0 Å². The Labute approximate surface area is 178 Å². The SMILES string of the molecule is CCN1NN=NC1CCN1CCC(CCON(C(C)=O)c2ccccc2)C(OC)C1. The molecule has 2 aliphatic heterocycles. The molecule has 0 radical (unpaired) electrons. The van der Waals surface area contributed by atoms with Crippen LogP contribution in [-0.4, -0.2) is 68.0 Å². The summed E-state index contributed by atoms with van der Waals surface area (Å²) in [6.07, 6.45) is 3.12. The number of rotatable bonds is 10. The van der Waals surface area contributed by atoms with E-state index >= 15 is 0 Å². The molecule has 1 saturated heterocycles. The van der Waals surface area contributed by atoms with Crippen LogP contribution in [0, 0.1) is 5.92 Å². The van der Waals surface area contributed by atoms with Gasteiger partial charge in [0.05, 0.1) is 18.4 Å². The molecule has 1 aromatic carbocycles. The van der Waals surface area contributed by atoms with Gasteiger partial charge in [0.25, 0.3) is 0 Å². The van der Waals surface area contributed by atoms with Gasteiger partial charge in [0, 0.05) is 33.7 Å². The first-order valence-electron chi connectivity index (χ1n) is 10.8. The van der Waals surface area contributed by atoms with Crippen molar-refractivity contribution in [3.8, 4) is 0 Å². The number of para-hydroxylation sites is 1. The lowest BCUT2D eigenvalue weighted by atomic mass is 9.91. The predicted molar refractivity (Wildman–Crippen MR) is 114 cm³/mol. The minimum absolute atomic E-state index is 0.109. The molecule has 0 saturated carbocycles. The quantitative estimate of drug-likeness (QED) is 0.588. The van der Waals surface area contributed by atoms with E-state index in [1.807, 2.05) is 35.3 Å². The van der Waals surface area contributed by atoms with Gasteiger partial charge in [-0.15, -0.1) is 5.11 Å². The van der Waals surface area contributed by atoms with Crippen LogP contribution in [0.5, 0.6) is 0 Å². The maximum absolute atomic E-state index is 12.0. The average Bonchev–Trinajstić information content (AvgIpc) is 3.23. The molecule has 1 fully saturated rings. The van der Waals surface area contributed by atoms with Gasteiger partial charge < -0.3 is 9.64 Å². The van der Waals surface area contributed by atoms with Crippen LogP contribution in [0.15, 0.2) is 40.7 Å². The minimum atomic E-state index is -0.126. The monoisotopic (exact) mass is 418 g/mol. The number of hydrazine groups is 1. The number of methoxy groups -OCH3 is 1. The molecule has 30 heavy (non-hydrogen) atoms. The standard InChI is InChI=1S/C21H34N6O3/c1-4-26-21(22-23-24-26)11-14-25-13-10-18(20(16-25)29-3)12-15-30-27(17(2)28)19-8-6-5-7-9-19/h5-9,18,20-21H,4,10-16H2,1-3H3,(H,22,24). The predicted octanol–water partition coefficient (Wildman–Crippen LogP) is 2.62. The number of hydrogen-bond acceptors (Lipinski definition) is 8. The molecule has 0 aromatic heterocycles. The van der Waals surface area contributed by atoms with Crippen molar-refractivity contribution in [1.82, 2.24) is 15.4 Å². The molecule has 2 aliphatic rings. The highest BCUT2D eigenvalue weighted by atomic mass is 16.7. The number of carbonyl (C=O) groups excluding carboxylic acids is 1. The molecule has 3 rings (SSSR count). The summed E-state index contributed by atoms with van der Waals surface area (Å²) in [6.45, 7) is 7.87. The van der Waals surface area contributed by atoms with Crippen molar-refractivity contribution in [2.75, 3.05) is 45.0 Å². The maximum Gasteiger partial charge on any atom is 0.247 e. The number of hydrogen-bond donors (Lipinski definition) is 1. The third kappa shape index (κ3) is 5.98. The maximum atomic E-state index is 12.0. The zero-order chi connectivity index (χ0) is 21.3. The first-order valence-corrected chi connectivity index (χ1v) is 10.8. The Morgan fingerprint density at radius 2 is 2.10 bits per heavy atom. The molecule has 3 atom stereocenters. The molecule has 0 aliphatic carbocycles. The van der Waals surface area contributed by atoms with Crippen LogP contribution in [-0.2, 0) is 14.4 Å². The molecule has 3 unspecified atom stereocenters. The van der Waals surface area contributed by atoms with Gasteiger partial charge in [0.2, 0.25) is 5.91 Å². The van der Waals surface area contributed by atoms with E-state index in [-0.39, 0.29) is 18.2 Å². The summed E-state index contributed by atoms with van der Waals surface area (Å²) in [6, 6.07) is 9.46. The fourth-order valence-electron chi connectivity index (χ4n) is 4.11. The second kappa shape index (κ2) is 11.4. The number of likely N-dealkylation sites (tertiary alicyclic amines) is 1. The summed E-state index contributed by atoms with van der Waals surface area (Å²) in [5.41, 5.74) is 3.68. The third-order valence-electron chi connectivity index (χ3n) is 5.84. The summed E-state index contributed by atoms with van der Waals surface area (Å²) in [5, 5.41) is 11.6. The Morgan fingerprint density at radius 1 is 1.30 bits per heavy atom. The van der Waals surface area contributed by atoms with E-state index in [0.29, 0.717) is 12.5 Å². The number of nitrogens with zero attached hydrogens (tertiary/aromatic N) is 5. The van der Waals surface area contributed by atoms with Gasteiger partial charge in [-0.05, 0) is 43.9 Å². The van der Waals surface area contributed by atoms with Crippen molar-refractivity contribution in [2.45, 2.75) is 45.4 Å². The minimum Gasteiger partial charge on any atom is -0.380 e. The molecule has 0 bridgehead atoms. The van der Waals surface area contributed by atoms with E-state index in [2.05, 4.69) is 27.7 Å². The number of hydroxylamine groups is 1. The fourth-order valence-corrected chi connectivity index (χ4v) is 4.11. The number of nitrogens with one attached hydrogen (secondary N) is 1. The number of piperidine rings is 1. The van der Waals surface area contributed by atoms with Crippen molar-refractivity contribution < 1.29 is 14.4 Å². The molecule has 0 spiro atoms. The van der Waals surface area contributed by atoms with Crippen LogP contribution in [0.25, 0.3) is 0 Å². The van der Waals surface area contributed by atoms with E-state index in [1.54, 1.807) is 7.11 Å². The number of carbonyl (C=O) groups is 1. The normalized spacial score (nSPS) is 24.7. The van der Waals surface area contributed by atoms with E-state index in [1.165, 1.54) is 12.0 Å². The lowest BCUT2D eigenvalue weighted by Crippen LogP contribution is -2.47. The summed E-state index contributed by atoms with van der Waals surface area (Å²) >= 11 is 0. The summed E-state index contributed by atoms with van der Waals surface area (Å²) in [5.74, 6) is 0.287. The van der Waals surface area contributed by atoms with E-state index in [0.717, 1.165) is 51.1 Å². The van der Waals surface area contributed by atoms with Crippen molar-refractivity contribution in [3.63, 3.8) is 0 Å². The zero-order valence-electron chi connectivity index (χ0n) is 18.2. The van der Waals surface area contributed by atoms with Gasteiger partial charge in [0.15, 0.2) is 0 Å². The van der Waals surface area contributed by atoms with Gasteiger partial charge in [-0.25, -0.2) is 5.53 Å². The smallest absolute Gasteiger partial charge is 0.247 e. The van der Waals surface area contributed by atoms with Gasteiger partial charge in [-0.2, -0.15) is 10.1 Å². The molecule has 2 heterocycles. The first-order chi connectivity index (χ1) is 14.6. The Balaban J connectivity index is 1.44. The second-order valence-corrected chi connectivity index (χ2v) is 7.77. The Hall–Kier alpha value is -2.07. The largest absolute Gasteiger partial charge is 0.380 e. The fraction of sp³-hybridized carbons (Fsp3) is 0.667. The average molecular weight is 419 g/mol. The highest BCUT2D eigenvalue weighted by molar-refractivity contribution is 5.89. The van der Waals surface area contributed by atoms with Gasteiger partial charge in [-0.3, -0.25) is 9.63 Å². The molecule has 1 amide bonds. The van der Waals surface area contributed by atoms with Crippen molar-refractivity contribution >= 4 is 11.6 Å². The topological polar surface area (TPSA) is 82.0 Å². The van der Waals surface area contributed by atoms with E-state index in [4.69, 9.17) is 9.57 Å². The first kappa shape index (κ1) is 22.6. The van der Waals surface area contributed by atoms with Gasteiger partial charge >= 0.3 is 0 Å². The lowest BCUT2D eigenvalue weighted by Gasteiger charge is -2.38. The number of ether oxygens (including phenoxy) is 1. The van der Waals surface area contributed by atoms with Gasteiger partial charge in [0.1, 0.15) is 6.17 Å². The second-order valence-electron chi connectivity index (χ2n) is 7.77. The Morgan fingerprint density at radius 3 is 2.80 bits per heavy atom. The van der Waals surface area contributed by atoms with Crippen molar-refractivity contribution in [1.29, 1.82) is 0 Å². The van der Waals surface area contributed by atoms with Crippen LogP contribution < -0.4 is 10.6 Å². The molecular formula is C21H34N6O3. The molecule has 166 valence electrons. The summed E-state index contributed by atoms with van der Waals surface area (Å²) in [4.78, 5) is 20.2. The van der Waals surface area contributed by atoms with E-state index in [9.17, 15) is 4.79 Å². The Bertz CT molecular complexity index is 689. The van der Waals surface area contributed by atoms with E-state index < -0.39 is 0 Å². The molecular weight excluding hydrogens is 384 g/mol. The lowest BCUT2D eigenvalue weighted by molar-refractivity contribution is -0.124. The zero-order valence-corrected chi connectivity index (χ0v) is 18.2. The van der Waals surface area contributed by atoms with Crippen LogP contribution in [0.1, 0.15) is 33.1 Å². The van der Waals surface area contributed by atoms with Crippen molar-refractivity contribution in [2.24, 2.45) is 16.3 Å². The van der Waals surface area contributed by atoms with Gasteiger partial charge in [-0.1, -0.05) is 30.3 Å². The van der Waals surface area contributed by atoms with Crippen molar-refractivity contribution in [3.05, 3.63) is 30.3 Å². The van der Waals surface area contributed by atoms with Crippen LogP contribution in [0.4, 0.5) is 5.69 Å². The van der Waals surface area contributed by atoms with Crippen LogP contribution in [0.2, 0.25) is 0 Å². The Kier molecular flexibility index (Phi) is 8.56.